The summed E-state index contributed by atoms with van der Waals surface area (Å²) in [4.78, 5) is 15.9. The van der Waals surface area contributed by atoms with Gasteiger partial charge in [-0.15, -0.1) is 0 Å². The Labute approximate surface area is 132 Å². The predicted molar refractivity (Wildman–Crippen MR) is 89.1 cm³/mol. The van der Waals surface area contributed by atoms with Crippen molar-refractivity contribution in [2.24, 2.45) is 5.92 Å². The van der Waals surface area contributed by atoms with E-state index in [9.17, 15) is 9.90 Å². The van der Waals surface area contributed by atoms with Gasteiger partial charge in [-0.2, -0.15) is 0 Å². The number of aliphatic hydroxyl groups is 1. The van der Waals surface area contributed by atoms with Crippen molar-refractivity contribution in [1.82, 2.24) is 10.2 Å². The largest absolute Gasteiger partial charge is 0.393 e. The van der Waals surface area contributed by atoms with E-state index >= 15 is 0 Å². The molecule has 22 heavy (non-hydrogen) atoms. The highest BCUT2D eigenvalue weighted by Crippen LogP contribution is 2.25. The number of anilines is 1. The first kappa shape index (κ1) is 16.6. The predicted octanol–water partition coefficient (Wildman–Crippen LogP) is 1.93. The van der Waals surface area contributed by atoms with Crippen LogP contribution in [0.15, 0.2) is 30.3 Å². The third kappa shape index (κ3) is 4.63. The molecule has 2 rings (SSSR count). The van der Waals surface area contributed by atoms with Crippen LogP contribution in [-0.4, -0.2) is 55.9 Å². The average molecular weight is 305 g/mol. The van der Waals surface area contributed by atoms with Gasteiger partial charge in [-0.3, -0.25) is 0 Å². The van der Waals surface area contributed by atoms with Crippen LogP contribution in [0.25, 0.3) is 0 Å². The maximum absolute atomic E-state index is 12.1. The van der Waals surface area contributed by atoms with Gasteiger partial charge in [0.05, 0.1) is 6.10 Å². The highest BCUT2D eigenvalue weighted by molar-refractivity contribution is 5.73. The summed E-state index contributed by atoms with van der Waals surface area (Å²) in [6, 6.07) is 10.0. The molecule has 2 unspecified atom stereocenters. The molecule has 122 valence electrons. The van der Waals surface area contributed by atoms with Gasteiger partial charge in [0.1, 0.15) is 0 Å². The molecule has 2 N–H and O–H groups in total. The van der Waals surface area contributed by atoms with Gasteiger partial charge in [-0.05, 0) is 25.0 Å². The lowest BCUT2D eigenvalue weighted by Gasteiger charge is -2.24. The summed E-state index contributed by atoms with van der Waals surface area (Å²) in [5, 5.41) is 12.8. The quantitative estimate of drug-likeness (QED) is 0.844. The van der Waals surface area contributed by atoms with Gasteiger partial charge >= 0.3 is 6.03 Å². The third-order valence-electron chi connectivity index (χ3n) is 4.39. The summed E-state index contributed by atoms with van der Waals surface area (Å²) in [7, 11) is 3.81. The number of amides is 2. The number of nitrogens with zero attached hydrogens (tertiary/aromatic N) is 2. The molecule has 5 heteroatoms. The van der Waals surface area contributed by atoms with Crippen LogP contribution in [0.1, 0.15) is 19.3 Å². The summed E-state index contributed by atoms with van der Waals surface area (Å²) in [5.74, 6) is 0.225. The van der Waals surface area contributed by atoms with E-state index in [4.69, 9.17) is 0 Å². The number of rotatable bonds is 6. The van der Waals surface area contributed by atoms with Crippen molar-refractivity contribution < 1.29 is 9.90 Å². The molecular weight excluding hydrogens is 278 g/mol. The van der Waals surface area contributed by atoms with E-state index in [-0.39, 0.29) is 18.1 Å². The monoisotopic (exact) mass is 305 g/mol. The number of para-hydroxylation sites is 1. The van der Waals surface area contributed by atoms with Crippen molar-refractivity contribution in [3.8, 4) is 0 Å². The fourth-order valence-electron chi connectivity index (χ4n) is 2.94. The minimum Gasteiger partial charge on any atom is -0.393 e. The molecular formula is C17H27N3O2. The average Bonchev–Trinajstić information content (AvgIpc) is 2.93. The van der Waals surface area contributed by atoms with E-state index in [1.807, 2.05) is 25.2 Å². The molecule has 2 atom stereocenters. The van der Waals surface area contributed by atoms with Crippen molar-refractivity contribution in [2.45, 2.75) is 25.4 Å². The summed E-state index contributed by atoms with van der Waals surface area (Å²) < 4.78 is 0. The molecule has 1 aliphatic rings. The molecule has 1 saturated carbocycles. The second kappa shape index (κ2) is 8.03. The number of nitrogens with one attached hydrogen (secondary N) is 1. The number of carbonyl (C=O) groups is 1. The highest BCUT2D eigenvalue weighted by atomic mass is 16.3. The topological polar surface area (TPSA) is 55.8 Å². The lowest BCUT2D eigenvalue weighted by atomic mass is 10.1. The molecule has 0 spiro atoms. The van der Waals surface area contributed by atoms with Crippen molar-refractivity contribution in [2.75, 3.05) is 38.6 Å². The lowest BCUT2D eigenvalue weighted by molar-refractivity contribution is 0.114. The Balaban J connectivity index is 1.68. The molecule has 0 aromatic heterocycles. The smallest absolute Gasteiger partial charge is 0.317 e. The Morgan fingerprint density at radius 3 is 2.64 bits per heavy atom. The van der Waals surface area contributed by atoms with Gasteiger partial charge in [-0.25, -0.2) is 4.79 Å². The van der Waals surface area contributed by atoms with E-state index in [1.165, 1.54) is 0 Å². The van der Waals surface area contributed by atoms with Gasteiger partial charge in [-0.1, -0.05) is 24.6 Å². The van der Waals surface area contributed by atoms with Crippen LogP contribution in [-0.2, 0) is 0 Å². The first-order valence-electron chi connectivity index (χ1n) is 8.01. The number of hydrogen-bond donors (Lipinski definition) is 2. The standard InChI is InChI=1S/C17H27N3O2/c1-19(15-8-4-3-5-9-15)12-11-18-17(22)20(2)13-14-7-6-10-16(14)21/h3-5,8-9,14,16,21H,6-7,10-13H2,1-2H3,(H,18,22). The zero-order valence-electron chi connectivity index (χ0n) is 13.5. The summed E-state index contributed by atoms with van der Waals surface area (Å²) >= 11 is 0. The third-order valence-corrected chi connectivity index (χ3v) is 4.39. The molecule has 1 aliphatic carbocycles. The zero-order valence-corrected chi connectivity index (χ0v) is 13.5. The van der Waals surface area contributed by atoms with Gasteiger partial charge in [0.2, 0.25) is 0 Å². The first-order chi connectivity index (χ1) is 10.6. The highest BCUT2D eigenvalue weighted by Gasteiger charge is 2.27. The fourth-order valence-corrected chi connectivity index (χ4v) is 2.94. The van der Waals surface area contributed by atoms with Crippen molar-refractivity contribution in [3.63, 3.8) is 0 Å². The first-order valence-corrected chi connectivity index (χ1v) is 8.01. The molecule has 1 aromatic rings. The molecule has 1 fully saturated rings. The van der Waals surface area contributed by atoms with E-state index in [0.717, 1.165) is 31.5 Å². The second-order valence-corrected chi connectivity index (χ2v) is 6.13. The minimum absolute atomic E-state index is 0.0689. The van der Waals surface area contributed by atoms with Crippen LogP contribution >= 0.6 is 0 Å². The molecule has 0 bridgehead atoms. The number of hydrogen-bond acceptors (Lipinski definition) is 3. The Morgan fingerprint density at radius 2 is 2.00 bits per heavy atom. The number of aliphatic hydroxyl groups excluding tert-OH is 1. The van der Waals surface area contributed by atoms with Crippen LogP contribution in [0, 0.1) is 5.92 Å². The Hall–Kier alpha value is -1.75. The second-order valence-electron chi connectivity index (χ2n) is 6.13. The van der Waals surface area contributed by atoms with E-state index in [1.54, 1.807) is 11.9 Å². The van der Waals surface area contributed by atoms with Crippen LogP contribution in [0.3, 0.4) is 0 Å². The molecule has 0 radical (unpaired) electrons. The van der Waals surface area contributed by atoms with E-state index in [0.29, 0.717) is 13.1 Å². The molecule has 5 nitrogen and oxygen atoms in total. The number of urea groups is 1. The Kier molecular flexibility index (Phi) is 6.07. The van der Waals surface area contributed by atoms with Gasteiger partial charge < -0.3 is 20.2 Å². The lowest BCUT2D eigenvalue weighted by Crippen LogP contribution is -2.43. The zero-order chi connectivity index (χ0) is 15.9. The molecule has 0 aliphatic heterocycles. The van der Waals surface area contributed by atoms with Gasteiger partial charge in [0.15, 0.2) is 0 Å². The minimum atomic E-state index is -0.250. The summed E-state index contributed by atoms with van der Waals surface area (Å²) in [5.41, 5.74) is 1.14. The summed E-state index contributed by atoms with van der Waals surface area (Å²) in [6.07, 6.45) is 2.68. The van der Waals surface area contributed by atoms with Crippen LogP contribution < -0.4 is 10.2 Å². The molecule has 1 aromatic carbocycles. The van der Waals surface area contributed by atoms with Gasteiger partial charge in [0, 0.05) is 45.3 Å². The normalized spacial score (nSPS) is 20.7. The van der Waals surface area contributed by atoms with Crippen LogP contribution in [0.4, 0.5) is 10.5 Å². The van der Waals surface area contributed by atoms with Crippen molar-refractivity contribution >= 4 is 11.7 Å². The number of benzene rings is 1. The van der Waals surface area contributed by atoms with Crippen molar-refractivity contribution in [1.29, 1.82) is 0 Å². The van der Waals surface area contributed by atoms with Crippen LogP contribution in [0.2, 0.25) is 0 Å². The molecule has 0 heterocycles. The number of carbonyl (C=O) groups excluding carboxylic acids is 1. The van der Waals surface area contributed by atoms with E-state index in [2.05, 4.69) is 22.3 Å². The number of likely N-dealkylation sites (N-methyl/N-ethyl adjacent to an activating group) is 1. The summed E-state index contributed by atoms with van der Waals surface area (Å²) in [6.45, 7) is 1.99. The maximum Gasteiger partial charge on any atom is 0.317 e. The van der Waals surface area contributed by atoms with E-state index < -0.39 is 0 Å². The Bertz CT molecular complexity index is 466. The Morgan fingerprint density at radius 1 is 1.27 bits per heavy atom. The SMILES string of the molecule is CN(CC1CCCC1O)C(=O)NCCN(C)c1ccccc1. The van der Waals surface area contributed by atoms with Crippen LogP contribution in [0.5, 0.6) is 0 Å². The molecule has 0 saturated heterocycles. The molecule has 2 amide bonds. The van der Waals surface area contributed by atoms with Crippen molar-refractivity contribution in [3.05, 3.63) is 30.3 Å². The van der Waals surface area contributed by atoms with Gasteiger partial charge in [0.25, 0.3) is 0 Å². The fraction of sp³-hybridized carbons (Fsp3) is 0.588. The maximum atomic E-state index is 12.1.